The molecule has 1 heterocycles. The molecule has 0 radical (unpaired) electrons. The van der Waals surface area contributed by atoms with Gasteiger partial charge in [0.25, 0.3) is 0 Å². The van der Waals surface area contributed by atoms with Crippen LogP contribution >= 0.6 is 0 Å². The van der Waals surface area contributed by atoms with E-state index in [2.05, 4.69) is 5.32 Å². The number of hydrogen-bond acceptors (Lipinski definition) is 3. The molecular weight excluding hydrogens is 255 g/mol. The molecule has 0 amide bonds. The smallest absolute Gasteiger partial charge is 0.243 e. The summed E-state index contributed by atoms with van der Waals surface area (Å²) in [6, 6.07) is 4.22. The number of nitrogens with zero attached hydrogens (tertiary/aromatic N) is 1. The van der Waals surface area contributed by atoms with Crippen molar-refractivity contribution in [2.75, 3.05) is 20.1 Å². The molecule has 0 saturated carbocycles. The average Bonchev–Trinajstić information content (AvgIpc) is 2.81. The van der Waals surface area contributed by atoms with Gasteiger partial charge in [0.15, 0.2) is 0 Å². The molecule has 1 aliphatic rings. The fourth-order valence-corrected chi connectivity index (χ4v) is 3.58. The van der Waals surface area contributed by atoms with Crippen LogP contribution in [0.4, 0.5) is 4.39 Å². The summed E-state index contributed by atoms with van der Waals surface area (Å²) in [5.74, 6) is -0.486. The van der Waals surface area contributed by atoms with E-state index in [0.29, 0.717) is 18.7 Å². The third kappa shape index (κ3) is 2.41. The van der Waals surface area contributed by atoms with Gasteiger partial charge in [0.05, 0.1) is 4.90 Å². The van der Waals surface area contributed by atoms with Crippen molar-refractivity contribution in [3.8, 4) is 0 Å². The van der Waals surface area contributed by atoms with E-state index in [9.17, 15) is 12.8 Å². The first-order valence-corrected chi connectivity index (χ1v) is 7.32. The highest BCUT2D eigenvalue weighted by molar-refractivity contribution is 7.89. The molecule has 0 aliphatic carbocycles. The van der Waals surface area contributed by atoms with Crippen molar-refractivity contribution >= 4 is 10.0 Å². The zero-order valence-electron chi connectivity index (χ0n) is 10.5. The number of halogens is 1. The van der Waals surface area contributed by atoms with E-state index >= 15 is 0 Å². The van der Waals surface area contributed by atoms with E-state index < -0.39 is 15.8 Å². The third-order valence-corrected chi connectivity index (χ3v) is 5.20. The lowest BCUT2D eigenvalue weighted by molar-refractivity contribution is 0.464. The molecule has 0 aromatic heterocycles. The molecule has 18 heavy (non-hydrogen) atoms. The van der Waals surface area contributed by atoms with Crippen molar-refractivity contribution in [1.29, 1.82) is 0 Å². The molecule has 4 nitrogen and oxygen atoms in total. The summed E-state index contributed by atoms with van der Waals surface area (Å²) in [6.45, 7) is 2.52. The minimum atomic E-state index is -3.57. The minimum Gasteiger partial charge on any atom is -0.316 e. The standard InChI is InChI=1S/C12H17FN2O2S/c1-9-3-4-11(7-12(9)13)18(16,17)15-6-5-10(8-15)14-2/h3-4,7,10,14H,5-6,8H2,1-2H3. The number of hydrogen-bond donors (Lipinski definition) is 1. The van der Waals surface area contributed by atoms with Crippen LogP contribution in [-0.2, 0) is 10.0 Å². The SMILES string of the molecule is CNC1CCN(S(=O)(=O)c2ccc(C)c(F)c2)C1. The highest BCUT2D eigenvalue weighted by Gasteiger charge is 2.32. The molecule has 0 bridgehead atoms. The van der Waals surface area contributed by atoms with Crippen LogP contribution in [0.1, 0.15) is 12.0 Å². The van der Waals surface area contributed by atoms with Gasteiger partial charge in [0, 0.05) is 19.1 Å². The maximum absolute atomic E-state index is 13.4. The van der Waals surface area contributed by atoms with Crippen molar-refractivity contribution in [2.24, 2.45) is 0 Å². The second kappa shape index (κ2) is 4.95. The number of sulfonamides is 1. The van der Waals surface area contributed by atoms with Gasteiger partial charge in [-0.15, -0.1) is 0 Å². The predicted octanol–water partition coefficient (Wildman–Crippen LogP) is 1.12. The second-order valence-corrected chi connectivity index (χ2v) is 6.49. The van der Waals surface area contributed by atoms with Crippen LogP contribution in [0.5, 0.6) is 0 Å². The molecule has 1 N–H and O–H groups in total. The van der Waals surface area contributed by atoms with E-state index in [0.717, 1.165) is 12.5 Å². The molecule has 100 valence electrons. The Hall–Kier alpha value is -0.980. The summed E-state index contributed by atoms with van der Waals surface area (Å²) in [6.07, 6.45) is 0.782. The molecule has 0 spiro atoms. The summed E-state index contributed by atoms with van der Waals surface area (Å²) < 4.78 is 39.4. The zero-order chi connectivity index (χ0) is 13.3. The number of rotatable bonds is 3. The number of aryl methyl sites for hydroxylation is 1. The van der Waals surface area contributed by atoms with Crippen LogP contribution in [0, 0.1) is 12.7 Å². The fraction of sp³-hybridized carbons (Fsp3) is 0.500. The monoisotopic (exact) mass is 272 g/mol. The lowest BCUT2D eigenvalue weighted by atomic mass is 10.2. The second-order valence-electron chi connectivity index (χ2n) is 4.55. The van der Waals surface area contributed by atoms with Gasteiger partial charge in [-0.05, 0) is 38.1 Å². The van der Waals surface area contributed by atoms with Gasteiger partial charge in [-0.2, -0.15) is 4.31 Å². The summed E-state index contributed by atoms with van der Waals surface area (Å²) >= 11 is 0. The number of benzene rings is 1. The van der Waals surface area contributed by atoms with Crippen LogP contribution in [0.15, 0.2) is 23.1 Å². The van der Waals surface area contributed by atoms with E-state index in [1.54, 1.807) is 6.92 Å². The van der Waals surface area contributed by atoms with Crippen molar-refractivity contribution in [1.82, 2.24) is 9.62 Å². The third-order valence-electron chi connectivity index (χ3n) is 3.34. The Morgan fingerprint density at radius 2 is 2.17 bits per heavy atom. The van der Waals surface area contributed by atoms with Crippen LogP contribution in [-0.4, -0.2) is 38.9 Å². The normalized spacial score (nSPS) is 21.4. The molecule has 2 rings (SSSR count). The fourth-order valence-electron chi connectivity index (χ4n) is 2.07. The van der Waals surface area contributed by atoms with Crippen molar-refractivity contribution in [3.05, 3.63) is 29.6 Å². The van der Waals surface area contributed by atoms with E-state index in [1.807, 2.05) is 7.05 Å². The van der Waals surface area contributed by atoms with Gasteiger partial charge < -0.3 is 5.32 Å². The topological polar surface area (TPSA) is 49.4 Å². The van der Waals surface area contributed by atoms with Crippen LogP contribution in [0.3, 0.4) is 0 Å². The summed E-state index contributed by atoms with van der Waals surface area (Å²) in [4.78, 5) is 0.0300. The van der Waals surface area contributed by atoms with Gasteiger partial charge in [-0.1, -0.05) is 6.07 Å². The molecular formula is C12H17FN2O2S. The quantitative estimate of drug-likeness (QED) is 0.897. The lowest BCUT2D eigenvalue weighted by Gasteiger charge is -2.16. The van der Waals surface area contributed by atoms with Crippen LogP contribution < -0.4 is 5.32 Å². The Labute approximate surface area is 107 Å². The number of nitrogens with one attached hydrogen (secondary N) is 1. The number of likely N-dealkylation sites (N-methyl/N-ethyl adjacent to an activating group) is 1. The zero-order valence-corrected chi connectivity index (χ0v) is 11.3. The van der Waals surface area contributed by atoms with Gasteiger partial charge in [-0.3, -0.25) is 0 Å². The van der Waals surface area contributed by atoms with Gasteiger partial charge in [0.2, 0.25) is 10.0 Å². The molecule has 6 heteroatoms. The molecule has 1 fully saturated rings. The van der Waals surface area contributed by atoms with E-state index in [-0.39, 0.29) is 10.9 Å². The Bertz CT molecular complexity index is 545. The first-order chi connectivity index (χ1) is 8.45. The Balaban J connectivity index is 2.28. The Morgan fingerprint density at radius 3 is 2.72 bits per heavy atom. The molecule has 1 saturated heterocycles. The van der Waals surface area contributed by atoms with Crippen molar-refractivity contribution in [2.45, 2.75) is 24.3 Å². The van der Waals surface area contributed by atoms with E-state index in [1.165, 1.54) is 16.4 Å². The molecule has 1 unspecified atom stereocenters. The molecule has 1 aromatic carbocycles. The maximum atomic E-state index is 13.4. The average molecular weight is 272 g/mol. The van der Waals surface area contributed by atoms with Gasteiger partial charge >= 0.3 is 0 Å². The Morgan fingerprint density at radius 1 is 1.44 bits per heavy atom. The minimum absolute atomic E-state index is 0.0300. The Kier molecular flexibility index (Phi) is 3.70. The molecule has 1 aromatic rings. The van der Waals surface area contributed by atoms with E-state index in [4.69, 9.17) is 0 Å². The maximum Gasteiger partial charge on any atom is 0.243 e. The largest absolute Gasteiger partial charge is 0.316 e. The van der Waals surface area contributed by atoms with Crippen molar-refractivity contribution < 1.29 is 12.8 Å². The summed E-state index contributed by atoms with van der Waals surface area (Å²) in [5.41, 5.74) is 0.448. The lowest BCUT2D eigenvalue weighted by Crippen LogP contribution is -2.33. The van der Waals surface area contributed by atoms with Crippen LogP contribution in [0.2, 0.25) is 0 Å². The van der Waals surface area contributed by atoms with Crippen molar-refractivity contribution in [3.63, 3.8) is 0 Å². The summed E-state index contributed by atoms with van der Waals surface area (Å²) in [5, 5.41) is 3.06. The predicted molar refractivity (Wildman–Crippen MR) is 67.4 cm³/mol. The summed E-state index contributed by atoms with van der Waals surface area (Å²) in [7, 11) is -1.76. The molecule has 1 atom stereocenters. The highest BCUT2D eigenvalue weighted by Crippen LogP contribution is 2.22. The first kappa shape index (κ1) is 13.5. The van der Waals surface area contributed by atoms with Gasteiger partial charge in [-0.25, -0.2) is 12.8 Å². The first-order valence-electron chi connectivity index (χ1n) is 5.88. The highest BCUT2D eigenvalue weighted by atomic mass is 32.2. The van der Waals surface area contributed by atoms with Gasteiger partial charge in [0.1, 0.15) is 5.82 Å². The van der Waals surface area contributed by atoms with Crippen LogP contribution in [0.25, 0.3) is 0 Å². The molecule has 1 aliphatic heterocycles.